The molecule has 1 aromatic rings. The predicted octanol–water partition coefficient (Wildman–Crippen LogP) is 2.03. The van der Waals surface area contributed by atoms with Crippen LogP contribution in [0.15, 0.2) is 18.7 Å². The van der Waals surface area contributed by atoms with Crippen LogP contribution in [0, 0.1) is 0 Å². The molecule has 0 aliphatic carbocycles. The van der Waals surface area contributed by atoms with Gasteiger partial charge in [0, 0.05) is 25.4 Å². The maximum atomic E-state index is 10.0. The third kappa shape index (κ3) is 4.45. The first kappa shape index (κ1) is 9.96. The van der Waals surface area contributed by atoms with E-state index in [-0.39, 0.29) is 0 Å². The molecule has 1 rings (SSSR count). The molecule has 72 valence electrons. The number of unbranched alkanes of at least 4 members (excludes halogenated alkanes) is 4. The van der Waals surface area contributed by atoms with Crippen LogP contribution in [-0.4, -0.2) is 15.8 Å². The minimum atomic E-state index is 0.713. The summed E-state index contributed by atoms with van der Waals surface area (Å²) in [7, 11) is 0. The molecule has 3 heteroatoms. The van der Waals surface area contributed by atoms with Crippen molar-refractivity contribution in [2.75, 3.05) is 0 Å². The van der Waals surface area contributed by atoms with Gasteiger partial charge in [-0.1, -0.05) is 12.8 Å². The van der Waals surface area contributed by atoms with Gasteiger partial charge in [-0.25, -0.2) is 4.98 Å². The summed E-state index contributed by atoms with van der Waals surface area (Å²) in [6.07, 6.45) is 11.9. The van der Waals surface area contributed by atoms with E-state index in [1.807, 2.05) is 12.5 Å². The number of aromatic nitrogens is 2. The number of nitrogens with zero attached hydrogens (tertiary/aromatic N) is 2. The molecular weight excluding hydrogens is 164 g/mol. The summed E-state index contributed by atoms with van der Waals surface area (Å²) in [4.78, 5) is 14.0. The van der Waals surface area contributed by atoms with Gasteiger partial charge in [-0.2, -0.15) is 0 Å². The molecule has 0 aliphatic heterocycles. The highest BCUT2D eigenvalue weighted by Crippen LogP contribution is 2.03. The molecule has 0 amide bonds. The molecule has 3 nitrogen and oxygen atoms in total. The van der Waals surface area contributed by atoms with Crippen molar-refractivity contribution in [3.8, 4) is 0 Å². The lowest BCUT2D eigenvalue weighted by Crippen LogP contribution is -1.93. The number of imidazole rings is 1. The third-order valence-electron chi connectivity index (χ3n) is 2.05. The van der Waals surface area contributed by atoms with E-state index in [1.165, 1.54) is 12.8 Å². The van der Waals surface area contributed by atoms with Crippen LogP contribution in [0.5, 0.6) is 0 Å². The summed E-state index contributed by atoms with van der Waals surface area (Å²) < 4.78 is 2.08. The molecule has 0 aromatic carbocycles. The molecule has 0 N–H and O–H groups in total. The van der Waals surface area contributed by atoms with Crippen LogP contribution >= 0.6 is 0 Å². The Bertz CT molecular complexity index is 219. The van der Waals surface area contributed by atoms with Gasteiger partial charge in [0.25, 0.3) is 0 Å². The fraction of sp³-hybridized carbons (Fsp3) is 0.600. The Morgan fingerprint density at radius 2 is 2.08 bits per heavy atom. The molecule has 0 bridgehead atoms. The molecule has 0 atom stereocenters. The van der Waals surface area contributed by atoms with Gasteiger partial charge < -0.3 is 9.36 Å². The molecular formula is C10H16N2O. The summed E-state index contributed by atoms with van der Waals surface area (Å²) in [6.45, 7) is 1.04. The number of hydrogen-bond donors (Lipinski definition) is 0. The van der Waals surface area contributed by atoms with E-state index in [4.69, 9.17) is 0 Å². The van der Waals surface area contributed by atoms with Crippen LogP contribution in [0.3, 0.4) is 0 Å². The van der Waals surface area contributed by atoms with Crippen LogP contribution in [0.1, 0.15) is 32.1 Å². The molecule has 1 heterocycles. The Morgan fingerprint density at radius 3 is 2.77 bits per heavy atom. The fourth-order valence-corrected chi connectivity index (χ4v) is 1.29. The van der Waals surface area contributed by atoms with Gasteiger partial charge in [-0.15, -0.1) is 0 Å². The summed E-state index contributed by atoms with van der Waals surface area (Å²) in [6, 6.07) is 0. The van der Waals surface area contributed by atoms with Crippen LogP contribution in [-0.2, 0) is 11.3 Å². The number of aryl methyl sites for hydroxylation is 1. The van der Waals surface area contributed by atoms with Crippen molar-refractivity contribution in [2.24, 2.45) is 0 Å². The minimum Gasteiger partial charge on any atom is -0.337 e. The molecule has 0 radical (unpaired) electrons. The van der Waals surface area contributed by atoms with Crippen LogP contribution in [0.25, 0.3) is 0 Å². The Morgan fingerprint density at radius 1 is 1.23 bits per heavy atom. The van der Waals surface area contributed by atoms with Crippen LogP contribution in [0.4, 0.5) is 0 Å². The van der Waals surface area contributed by atoms with E-state index in [0.29, 0.717) is 6.42 Å². The maximum Gasteiger partial charge on any atom is 0.119 e. The Hall–Kier alpha value is -1.12. The highest BCUT2D eigenvalue weighted by atomic mass is 16.1. The molecule has 0 spiro atoms. The van der Waals surface area contributed by atoms with Crippen molar-refractivity contribution in [3.05, 3.63) is 18.7 Å². The molecule has 0 saturated heterocycles. The molecule has 0 fully saturated rings. The first-order chi connectivity index (χ1) is 6.43. The Labute approximate surface area is 78.8 Å². The van der Waals surface area contributed by atoms with E-state index in [2.05, 4.69) is 9.55 Å². The lowest BCUT2D eigenvalue weighted by atomic mass is 10.1. The third-order valence-corrected chi connectivity index (χ3v) is 2.05. The minimum absolute atomic E-state index is 0.713. The SMILES string of the molecule is O=CCCCCCCn1ccnc1. The number of hydrogen-bond acceptors (Lipinski definition) is 2. The van der Waals surface area contributed by atoms with Gasteiger partial charge in [0.1, 0.15) is 6.29 Å². The normalized spacial score (nSPS) is 10.2. The smallest absolute Gasteiger partial charge is 0.119 e. The summed E-state index contributed by atoms with van der Waals surface area (Å²) >= 11 is 0. The van der Waals surface area contributed by atoms with Gasteiger partial charge in [0.2, 0.25) is 0 Å². The Kier molecular flexibility index (Phi) is 4.91. The van der Waals surface area contributed by atoms with Crippen molar-refractivity contribution in [2.45, 2.75) is 38.6 Å². The van der Waals surface area contributed by atoms with Gasteiger partial charge in [-0.05, 0) is 12.8 Å². The second-order valence-corrected chi connectivity index (χ2v) is 3.17. The zero-order chi connectivity index (χ0) is 9.36. The second-order valence-electron chi connectivity index (χ2n) is 3.17. The second kappa shape index (κ2) is 6.40. The molecule has 0 saturated carbocycles. The first-order valence-corrected chi connectivity index (χ1v) is 4.83. The molecule has 13 heavy (non-hydrogen) atoms. The van der Waals surface area contributed by atoms with Crippen molar-refractivity contribution in [1.29, 1.82) is 0 Å². The van der Waals surface area contributed by atoms with Crippen LogP contribution in [0.2, 0.25) is 0 Å². The predicted molar refractivity (Wildman–Crippen MR) is 51.4 cm³/mol. The largest absolute Gasteiger partial charge is 0.337 e. The van der Waals surface area contributed by atoms with Crippen molar-refractivity contribution >= 4 is 6.29 Å². The Balaban J connectivity index is 1.93. The van der Waals surface area contributed by atoms with Gasteiger partial charge in [0.15, 0.2) is 0 Å². The van der Waals surface area contributed by atoms with Gasteiger partial charge in [0.05, 0.1) is 6.33 Å². The number of carbonyl (C=O) groups excluding carboxylic acids is 1. The molecule has 0 unspecified atom stereocenters. The van der Waals surface area contributed by atoms with E-state index < -0.39 is 0 Å². The lowest BCUT2D eigenvalue weighted by Gasteiger charge is -2.00. The van der Waals surface area contributed by atoms with E-state index in [0.717, 1.165) is 25.7 Å². The number of aldehydes is 1. The lowest BCUT2D eigenvalue weighted by molar-refractivity contribution is -0.107. The molecule has 1 aromatic heterocycles. The highest BCUT2D eigenvalue weighted by Gasteiger charge is 1.91. The van der Waals surface area contributed by atoms with Gasteiger partial charge in [-0.3, -0.25) is 0 Å². The van der Waals surface area contributed by atoms with Crippen molar-refractivity contribution in [3.63, 3.8) is 0 Å². The first-order valence-electron chi connectivity index (χ1n) is 4.83. The zero-order valence-electron chi connectivity index (χ0n) is 7.85. The summed E-state index contributed by atoms with van der Waals surface area (Å²) in [5.41, 5.74) is 0. The number of rotatable bonds is 7. The van der Waals surface area contributed by atoms with Crippen molar-refractivity contribution < 1.29 is 4.79 Å². The van der Waals surface area contributed by atoms with E-state index in [1.54, 1.807) is 6.20 Å². The number of carbonyl (C=O) groups is 1. The van der Waals surface area contributed by atoms with E-state index in [9.17, 15) is 4.79 Å². The quantitative estimate of drug-likeness (QED) is 0.475. The highest BCUT2D eigenvalue weighted by molar-refractivity contribution is 5.48. The average molecular weight is 180 g/mol. The summed E-state index contributed by atoms with van der Waals surface area (Å²) in [5.74, 6) is 0. The summed E-state index contributed by atoms with van der Waals surface area (Å²) in [5, 5.41) is 0. The van der Waals surface area contributed by atoms with E-state index >= 15 is 0 Å². The van der Waals surface area contributed by atoms with Crippen molar-refractivity contribution in [1.82, 2.24) is 9.55 Å². The van der Waals surface area contributed by atoms with Gasteiger partial charge >= 0.3 is 0 Å². The maximum absolute atomic E-state index is 10.0. The van der Waals surface area contributed by atoms with Crippen LogP contribution < -0.4 is 0 Å². The topological polar surface area (TPSA) is 34.9 Å². The zero-order valence-corrected chi connectivity index (χ0v) is 7.85. The monoisotopic (exact) mass is 180 g/mol. The fourth-order valence-electron chi connectivity index (χ4n) is 1.29. The average Bonchev–Trinajstić information content (AvgIpc) is 2.63. The molecule has 0 aliphatic rings. The standard InChI is InChI=1S/C10H16N2O/c13-9-5-3-1-2-4-7-12-8-6-11-10-12/h6,8-10H,1-5,7H2.